The van der Waals surface area contributed by atoms with Crippen LogP contribution in [0.4, 0.5) is 5.69 Å². The standard InChI is InChI=1S/C14H18ClN3O/c15-11-7-10(8-12(16)9-11)14(19)18-5-3-17(4-6-18)13-1-2-13/h7-9,13H,1-6,16H2. The van der Waals surface area contributed by atoms with Gasteiger partial charge >= 0.3 is 0 Å². The Morgan fingerprint density at radius 2 is 1.84 bits per heavy atom. The molecule has 1 aliphatic heterocycles. The molecule has 1 amide bonds. The highest BCUT2D eigenvalue weighted by Crippen LogP contribution is 2.27. The molecule has 1 heterocycles. The summed E-state index contributed by atoms with van der Waals surface area (Å²) >= 11 is 5.95. The molecule has 1 aromatic carbocycles. The molecule has 19 heavy (non-hydrogen) atoms. The van der Waals surface area contributed by atoms with E-state index in [1.165, 1.54) is 12.8 Å². The first kappa shape index (κ1) is 12.8. The Balaban J connectivity index is 1.67. The van der Waals surface area contributed by atoms with Gasteiger partial charge in [0.05, 0.1) is 0 Å². The smallest absolute Gasteiger partial charge is 0.254 e. The molecule has 0 bridgehead atoms. The minimum absolute atomic E-state index is 0.0321. The average molecular weight is 280 g/mol. The van der Waals surface area contributed by atoms with Gasteiger partial charge in [-0.15, -0.1) is 0 Å². The van der Waals surface area contributed by atoms with Gasteiger partial charge in [0.1, 0.15) is 0 Å². The van der Waals surface area contributed by atoms with Crippen LogP contribution in [0.1, 0.15) is 23.2 Å². The zero-order chi connectivity index (χ0) is 13.4. The van der Waals surface area contributed by atoms with Gasteiger partial charge in [0.2, 0.25) is 0 Å². The molecule has 1 aromatic rings. The van der Waals surface area contributed by atoms with Crippen LogP contribution >= 0.6 is 11.6 Å². The van der Waals surface area contributed by atoms with Gasteiger partial charge in [0, 0.05) is 48.5 Å². The Labute approximate surface area is 118 Å². The molecular formula is C14H18ClN3O. The molecule has 0 radical (unpaired) electrons. The van der Waals surface area contributed by atoms with Crippen molar-refractivity contribution in [2.45, 2.75) is 18.9 Å². The van der Waals surface area contributed by atoms with Gasteiger partial charge < -0.3 is 10.6 Å². The molecule has 2 aliphatic rings. The van der Waals surface area contributed by atoms with E-state index < -0.39 is 0 Å². The van der Waals surface area contributed by atoms with Crippen LogP contribution in [-0.4, -0.2) is 47.9 Å². The second-order valence-corrected chi connectivity index (χ2v) is 5.77. The normalized spacial score (nSPS) is 20.6. The van der Waals surface area contributed by atoms with E-state index in [2.05, 4.69) is 4.90 Å². The van der Waals surface area contributed by atoms with Gasteiger partial charge in [0.25, 0.3) is 5.91 Å². The summed E-state index contributed by atoms with van der Waals surface area (Å²) in [6, 6.07) is 5.82. The van der Waals surface area contributed by atoms with Crippen LogP contribution in [0.2, 0.25) is 5.02 Å². The highest BCUT2D eigenvalue weighted by Gasteiger charge is 2.32. The highest BCUT2D eigenvalue weighted by molar-refractivity contribution is 6.31. The molecule has 2 fully saturated rings. The van der Waals surface area contributed by atoms with Crippen molar-refractivity contribution in [2.24, 2.45) is 0 Å². The van der Waals surface area contributed by atoms with Crippen molar-refractivity contribution in [3.8, 4) is 0 Å². The van der Waals surface area contributed by atoms with Crippen LogP contribution in [0.25, 0.3) is 0 Å². The lowest BCUT2D eigenvalue weighted by molar-refractivity contribution is 0.0627. The summed E-state index contributed by atoms with van der Waals surface area (Å²) in [5, 5.41) is 0.514. The van der Waals surface area contributed by atoms with Gasteiger partial charge in [-0.05, 0) is 31.0 Å². The zero-order valence-electron chi connectivity index (χ0n) is 10.8. The number of benzene rings is 1. The van der Waals surface area contributed by atoms with Gasteiger partial charge in [-0.25, -0.2) is 0 Å². The number of hydrogen-bond donors (Lipinski definition) is 1. The van der Waals surface area contributed by atoms with Crippen LogP contribution in [0.5, 0.6) is 0 Å². The molecule has 1 saturated carbocycles. The van der Waals surface area contributed by atoms with Gasteiger partial charge in [-0.3, -0.25) is 9.69 Å². The maximum Gasteiger partial charge on any atom is 0.254 e. The van der Waals surface area contributed by atoms with Gasteiger partial charge in [0.15, 0.2) is 0 Å². The maximum absolute atomic E-state index is 12.4. The van der Waals surface area contributed by atoms with Gasteiger partial charge in [-0.1, -0.05) is 11.6 Å². The van der Waals surface area contributed by atoms with Crippen LogP contribution in [0, 0.1) is 0 Å². The molecule has 0 spiro atoms. The largest absolute Gasteiger partial charge is 0.399 e. The van der Waals surface area contributed by atoms with Crippen molar-refractivity contribution in [3.05, 3.63) is 28.8 Å². The molecule has 5 heteroatoms. The van der Waals surface area contributed by atoms with Crippen LogP contribution in [-0.2, 0) is 0 Å². The monoisotopic (exact) mass is 279 g/mol. The van der Waals surface area contributed by atoms with Crippen molar-refractivity contribution < 1.29 is 4.79 Å². The summed E-state index contributed by atoms with van der Waals surface area (Å²) in [6.45, 7) is 3.54. The topological polar surface area (TPSA) is 49.6 Å². The number of carbonyl (C=O) groups is 1. The van der Waals surface area contributed by atoms with E-state index in [0.717, 1.165) is 32.2 Å². The van der Waals surface area contributed by atoms with Gasteiger partial charge in [-0.2, -0.15) is 0 Å². The minimum atomic E-state index is 0.0321. The maximum atomic E-state index is 12.4. The summed E-state index contributed by atoms with van der Waals surface area (Å²) in [5.74, 6) is 0.0321. The Kier molecular flexibility index (Phi) is 3.37. The molecule has 102 valence electrons. The number of rotatable bonds is 2. The number of piperazine rings is 1. The Morgan fingerprint density at radius 3 is 2.42 bits per heavy atom. The molecule has 0 unspecified atom stereocenters. The first-order valence-corrected chi connectivity index (χ1v) is 7.11. The molecule has 1 saturated heterocycles. The number of halogens is 1. The lowest BCUT2D eigenvalue weighted by Gasteiger charge is -2.34. The van der Waals surface area contributed by atoms with E-state index in [4.69, 9.17) is 17.3 Å². The number of carbonyl (C=O) groups excluding carboxylic acids is 1. The van der Waals surface area contributed by atoms with Crippen LogP contribution in [0.3, 0.4) is 0 Å². The lowest BCUT2D eigenvalue weighted by atomic mass is 10.1. The Bertz CT molecular complexity index is 473. The highest BCUT2D eigenvalue weighted by atomic mass is 35.5. The van der Waals surface area contributed by atoms with Crippen molar-refractivity contribution >= 4 is 23.2 Å². The fraction of sp³-hybridized carbons (Fsp3) is 0.500. The fourth-order valence-corrected chi connectivity index (χ4v) is 2.89. The number of amides is 1. The third-order valence-electron chi connectivity index (χ3n) is 3.83. The molecule has 2 N–H and O–H groups in total. The predicted molar refractivity (Wildman–Crippen MR) is 76.4 cm³/mol. The van der Waals surface area contributed by atoms with E-state index in [1.807, 2.05) is 4.90 Å². The third-order valence-corrected chi connectivity index (χ3v) is 4.05. The number of anilines is 1. The van der Waals surface area contributed by atoms with E-state index in [1.54, 1.807) is 18.2 Å². The average Bonchev–Trinajstić information content (AvgIpc) is 3.21. The Hall–Kier alpha value is -1.26. The first-order chi connectivity index (χ1) is 9.13. The van der Waals surface area contributed by atoms with E-state index >= 15 is 0 Å². The number of nitrogens with two attached hydrogens (primary N) is 1. The first-order valence-electron chi connectivity index (χ1n) is 6.73. The second kappa shape index (κ2) is 5.02. The SMILES string of the molecule is Nc1cc(Cl)cc(C(=O)N2CCN(C3CC3)CC2)c1. The number of hydrogen-bond acceptors (Lipinski definition) is 3. The second-order valence-electron chi connectivity index (χ2n) is 5.33. The quantitative estimate of drug-likeness (QED) is 0.841. The summed E-state index contributed by atoms with van der Waals surface area (Å²) in [5.41, 5.74) is 6.86. The molecule has 0 atom stereocenters. The molecule has 1 aliphatic carbocycles. The van der Waals surface area contributed by atoms with Crippen molar-refractivity contribution in [1.82, 2.24) is 9.80 Å². The van der Waals surface area contributed by atoms with Crippen molar-refractivity contribution in [1.29, 1.82) is 0 Å². The molecule has 4 nitrogen and oxygen atoms in total. The van der Waals surface area contributed by atoms with E-state index in [-0.39, 0.29) is 5.91 Å². The van der Waals surface area contributed by atoms with E-state index in [9.17, 15) is 4.79 Å². The van der Waals surface area contributed by atoms with Crippen LogP contribution in [0.15, 0.2) is 18.2 Å². The summed E-state index contributed by atoms with van der Waals surface area (Å²) in [6.07, 6.45) is 2.64. The third kappa shape index (κ3) is 2.85. The minimum Gasteiger partial charge on any atom is -0.399 e. The van der Waals surface area contributed by atoms with Crippen LogP contribution < -0.4 is 5.73 Å². The number of nitrogen functional groups attached to an aromatic ring is 1. The summed E-state index contributed by atoms with van der Waals surface area (Å²) in [4.78, 5) is 16.8. The Morgan fingerprint density at radius 1 is 1.16 bits per heavy atom. The molecule has 0 aromatic heterocycles. The molecule has 3 rings (SSSR count). The molecular weight excluding hydrogens is 262 g/mol. The van der Waals surface area contributed by atoms with Crippen molar-refractivity contribution in [3.63, 3.8) is 0 Å². The summed E-state index contributed by atoms with van der Waals surface area (Å²) < 4.78 is 0. The predicted octanol–water partition coefficient (Wildman–Crippen LogP) is 1.84. The summed E-state index contributed by atoms with van der Waals surface area (Å²) in [7, 11) is 0. The van der Waals surface area contributed by atoms with Crippen molar-refractivity contribution in [2.75, 3.05) is 31.9 Å². The number of nitrogens with zero attached hydrogens (tertiary/aromatic N) is 2. The lowest BCUT2D eigenvalue weighted by Crippen LogP contribution is -2.49. The van der Waals surface area contributed by atoms with E-state index in [0.29, 0.717) is 16.3 Å². The zero-order valence-corrected chi connectivity index (χ0v) is 11.6. The fourth-order valence-electron chi connectivity index (χ4n) is 2.65.